The number of rotatable bonds is 1. The molecule has 2 aromatic heterocycles. The fraction of sp³-hybridized carbons (Fsp3) is 0.615. The van der Waals surface area contributed by atoms with Gasteiger partial charge in [0, 0.05) is 13.1 Å². The normalized spacial score (nSPS) is 18.9. The maximum atomic E-state index is 13.3. The Kier molecular flexibility index (Phi) is 3.19. The molecule has 1 fully saturated rings. The van der Waals surface area contributed by atoms with Crippen LogP contribution >= 0.6 is 0 Å². The monoisotopic (exact) mass is 314 g/mol. The number of piperidine rings is 1. The first-order chi connectivity index (χ1) is 10.2. The van der Waals surface area contributed by atoms with E-state index < -0.39 is 11.9 Å². The summed E-state index contributed by atoms with van der Waals surface area (Å²) in [5.74, 6) is 0.104. The van der Waals surface area contributed by atoms with Gasteiger partial charge in [0.25, 0.3) is 0 Å². The molecule has 2 aromatic rings. The van der Waals surface area contributed by atoms with Crippen molar-refractivity contribution in [2.45, 2.75) is 32.9 Å². The lowest BCUT2D eigenvalue weighted by Gasteiger charge is -2.38. The first-order valence-corrected chi connectivity index (χ1v) is 7.01. The van der Waals surface area contributed by atoms with E-state index in [9.17, 15) is 13.2 Å². The van der Waals surface area contributed by atoms with Gasteiger partial charge >= 0.3 is 6.18 Å². The zero-order valence-electron chi connectivity index (χ0n) is 12.4. The topological polar surface area (TPSA) is 72.3 Å². The molecule has 0 atom stereocenters. The summed E-state index contributed by atoms with van der Waals surface area (Å²) in [4.78, 5) is 5.41. The van der Waals surface area contributed by atoms with Crippen molar-refractivity contribution >= 4 is 17.4 Å². The molecular weight excluding hydrogens is 297 g/mol. The fourth-order valence-corrected chi connectivity index (χ4v) is 2.91. The number of nitrogen functional groups attached to an aromatic ring is 1. The lowest BCUT2D eigenvalue weighted by Crippen LogP contribution is -2.41. The number of halogens is 3. The smallest absolute Gasteiger partial charge is 0.381 e. The van der Waals surface area contributed by atoms with Crippen LogP contribution in [0.5, 0.6) is 0 Å². The van der Waals surface area contributed by atoms with Crippen molar-refractivity contribution in [1.29, 1.82) is 0 Å². The van der Waals surface area contributed by atoms with Gasteiger partial charge in [-0.05, 0) is 18.3 Å². The van der Waals surface area contributed by atoms with Gasteiger partial charge in [-0.2, -0.15) is 13.2 Å². The molecule has 22 heavy (non-hydrogen) atoms. The second-order valence-electron chi connectivity index (χ2n) is 6.37. The minimum atomic E-state index is -4.55. The third-order valence-corrected chi connectivity index (χ3v) is 3.92. The molecule has 0 unspecified atom stereocenters. The molecule has 0 saturated carbocycles. The van der Waals surface area contributed by atoms with Gasteiger partial charge in [-0.1, -0.05) is 13.8 Å². The molecule has 1 saturated heterocycles. The van der Waals surface area contributed by atoms with Gasteiger partial charge in [0.1, 0.15) is 0 Å². The molecule has 0 aliphatic carbocycles. The zero-order chi connectivity index (χ0) is 16.1. The number of alkyl halides is 3. The highest BCUT2D eigenvalue weighted by Gasteiger charge is 2.37. The van der Waals surface area contributed by atoms with Crippen LogP contribution in [0, 0.1) is 5.41 Å². The summed E-state index contributed by atoms with van der Waals surface area (Å²) in [7, 11) is 0. The Labute approximate surface area is 125 Å². The highest BCUT2D eigenvalue weighted by atomic mass is 19.4. The van der Waals surface area contributed by atoms with Gasteiger partial charge < -0.3 is 10.6 Å². The molecule has 1 aliphatic heterocycles. The standard InChI is InChI=1S/C13H17F3N6/c1-12(2)4-3-5-21(7-12)11-20-19-10-9(17)18-6-8(22(10)11)13(14,15)16/h6H,3-5,7H2,1-2H3,(H2,17,18). The molecule has 3 heterocycles. The minimum Gasteiger partial charge on any atom is -0.381 e. The minimum absolute atomic E-state index is 0.0149. The SMILES string of the molecule is CC1(C)CCCN(c2nnc3c(N)ncc(C(F)(F)F)n23)C1. The summed E-state index contributed by atoms with van der Waals surface area (Å²) in [6.45, 7) is 5.43. The second-order valence-corrected chi connectivity index (χ2v) is 6.37. The number of aromatic nitrogens is 4. The van der Waals surface area contributed by atoms with Crippen LogP contribution in [-0.2, 0) is 6.18 Å². The van der Waals surface area contributed by atoms with Crippen LogP contribution in [-0.4, -0.2) is 32.7 Å². The lowest BCUT2D eigenvalue weighted by molar-refractivity contribution is -0.142. The van der Waals surface area contributed by atoms with E-state index in [0.29, 0.717) is 13.1 Å². The number of nitrogens with zero attached hydrogens (tertiary/aromatic N) is 5. The largest absolute Gasteiger partial charge is 0.433 e. The molecule has 0 amide bonds. The maximum Gasteiger partial charge on any atom is 0.433 e. The van der Waals surface area contributed by atoms with Crippen molar-refractivity contribution in [1.82, 2.24) is 19.6 Å². The molecular formula is C13H17F3N6. The molecule has 120 valence electrons. The molecule has 0 aromatic carbocycles. The van der Waals surface area contributed by atoms with Crippen molar-refractivity contribution in [3.05, 3.63) is 11.9 Å². The van der Waals surface area contributed by atoms with Crippen LogP contribution in [0.25, 0.3) is 5.65 Å². The highest BCUT2D eigenvalue weighted by Crippen LogP contribution is 2.35. The van der Waals surface area contributed by atoms with Crippen molar-refractivity contribution in [2.24, 2.45) is 5.41 Å². The predicted octanol–water partition coefficient (Wildman–Crippen LogP) is 2.35. The summed E-state index contributed by atoms with van der Waals surface area (Å²) < 4.78 is 40.7. The number of hydrogen-bond acceptors (Lipinski definition) is 5. The molecule has 0 bridgehead atoms. The van der Waals surface area contributed by atoms with E-state index in [4.69, 9.17) is 5.73 Å². The van der Waals surface area contributed by atoms with Gasteiger partial charge in [0.05, 0.1) is 6.20 Å². The van der Waals surface area contributed by atoms with Gasteiger partial charge in [0.15, 0.2) is 11.5 Å². The van der Waals surface area contributed by atoms with Gasteiger partial charge in [-0.15, -0.1) is 10.2 Å². The van der Waals surface area contributed by atoms with Crippen LogP contribution in [0.2, 0.25) is 0 Å². The first-order valence-electron chi connectivity index (χ1n) is 7.01. The molecule has 0 radical (unpaired) electrons. The summed E-state index contributed by atoms with van der Waals surface area (Å²) in [6.07, 6.45) is -1.91. The summed E-state index contributed by atoms with van der Waals surface area (Å²) >= 11 is 0. The van der Waals surface area contributed by atoms with E-state index in [1.54, 1.807) is 0 Å². The van der Waals surface area contributed by atoms with Crippen LogP contribution < -0.4 is 10.6 Å². The van der Waals surface area contributed by atoms with Gasteiger partial charge in [-0.3, -0.25) is 4.40 Å². The maximum absolute atomic E-state index is 13.3. The first kappa shape index (κ1) is 14.9. The van der Waals surface area contributed by atoms with Gasteiger partial charge in [-0.25, -0.2) is 4.98 Å². The summed E-state index contributed by atoms with van der Waals surface area (Å²) in [5.41, 5.74) is 4.68. The van der Waals surface area contributed by atoms with E-state index in [1.807, 2.05) is 4.90 Å². The second kappa shape index (κ2) is 4.72. The Balaban J connectivity index is 2.16. The lowest BCUT2D eigenvalue weighted by atomic mass is 9.84. The Morgan fingerprint density at radius 1 is 1.27 bits per heavy atom. The van der Waals surface area contributed by atoms with E-state index in [1.165, 1.54) is 0 Å². The molecule has 2 N–H and O–H groups in total. The van der Waals surface area contributed by atoms with E-state index in [2.05, 4.69) is 29.0 Å². The van der Waals surface area contributed by atoms with Crippen LogP contribution in [0.4, 0.5) is 24.9 Å². The molecule has 1 aliphatic rings. The number of nitrogens with two attached hydrogens (primary N) is 1. The molecule has 0 spiro atoms. The number of fused-ring (bicyclic) bond motifs is 1. The van der Waals surface area contributed by atoms with Crippen molar-refractivity contribution in [2.75, 3.05) is 23.7 Å². The average Bonchev–Trinajstić information content (AvgIpc) is 2.81. The summed E-state index contributed by atoms with van der Waals surface area (Å²) in [6, 6.07) is 0. The third kappa shape index (κ3) is 2.44. The average molecular weight is 314 g/mol. The van der Waals surface area contributed by atoms with E-state index >= 15 is 0 Å². The molecule has 6 nitrogen and oxygen atoms in total. The highest BCUT2D eigenvalue weighted by molar-refractivity contribution is 5.63. The fourth-order valence-electron chi connectivity index (χ4n) is 2.91. The zero-order valence-corrected chi connectivity index (χ0v) is 12.4. The van der Waals surface area contributed by atoms with Crippen LogP contribution in [0.3, 0.4) is 0 Å². The van der Waals surface area contributed by atoms with Crippen LogP contribution in [0.1, 0.15) is 32.4 Å². The van der Waals surface area contributed by atoms with Crippen LogP contribution in [0.15, 0.2) is 6.20 Å². The summed E-state index contributed by atoms with van der Waals surface area (Å²) in [5, 5.41) is 7.74. The van der Waals surface area contributed by atoms with E-state index in [-0.39, 0.29) is 22.8 Å². The number of hydrogen-bond donors (Lipinski definition) is 1. The Morgan fingerprint density at radius 3 is 2.64 bits per heavy atom. The Bertz CT molecular complexity index is 706. The quantitative estimate of drug-likeness (QED) is 0.875. The predicted molar refractivity (Wildman–Crippen MR) is 75.4 cm³/mol. The Morgan fingerprint density at radius 2 is 2.00 bits per heavy atom. The third-order valence-electron chi connectivity index (χ3n) is 3.92. The van der Waals surface area contributed by atoms with Crippen molar-refractivity contribution in [3.63, 3.8) is 0 Å². The van der Waals surface area contributed by atoms with Crippen molar-refractivity contribution in [3.8, 4) is 0 Å². The molecule has 3 rings (SSSR count). The number of anilines is 2. The van der Waals surface area contributed by atoms with Gasteiger partial charge in [0.2, 0.25) is 11.6 Å². The molecule has 9 heteroatoms. The Hall–Kier alpha value is -2.06. The van der Waals surface area contributed by atoms with E-state index in [0.717, 1.165) is 23.4 Å². The van der Waals surface area contributed by atoms with Crippen molar-refractivity contribution < 1.29 is 13.2 Å².